The molecular weight excluding hydrogens is 282 g/mol. The second-order valence-electron chi connectivity index (χ2n) is 5.58. The van der Waals surface area contributed by atoms with Crippen molar-refractivity contribution in [3.63, 3.8) is 0 Å². The van der Waals surface area contributed by atoms with Gasteiger partial charge in [0.2, 0.25) is 11.8 Å². The number of aryl methyl sites for hydroxylation is 1. The van der Waals surface area contributed by atoms with E-state index in [2.05, 4.69) is 10.6 Å². The zero-order chi connectivity index (χ0) is 16.7. The van der Waals surface area contributed by atoms with Crippen LogP contribution in [-0.4, -0.2) is 31.5 Å². The molecule has 22 heavy (non-hydrogen) atoms. The molecule has 1 atom stereocenters. The first-order valence-corrected chi connectivity index (χ1v) is 7.28. The number of nitrogens with one attached hydrogen (secondary N) is 2. The lowest BCUT2D eigenvalue weighted by molar-refractivity contribution is -0.127. The molecule has 0 bridgehead atoms. The van der Waals surface area contributed by atoms with Crippen LogP contribution < -0.4 is 21.1 Å². The molecule has 122 valence electrons. The molecule has 2 amide bonds. The summed E-state index contributed by atoms with van der Waals surface area (Å²) in [5, 5.41) is 5.27. The Morgan fingerprint density at radius 1 is 1.27 bits per heavy atom. The summed E-state index contributed by atoms with van der Waals surface area (Å²) in [7, 11) is 1.59. The Balaban J connectivity index is 2.45. The first-order valence-electron chi connectivity index (χ1n) is 7.28. The van der Waals surface area contributed by atoms with Crippen molar-refractivity contribution in [3.05, 3.63) is 29.3 Å². The molecule has 0 fully saturated rings. The summed E-state index contributed by atoms with van der Waals surface area (Å²) in [5.74, 6) is 0.163. The van der Waals surface area contributed by atoms with Gasteiger partial charge in [0.05, 0.1) is 19.7 Å². The van der Waals surface area contributed by atoms with Gasteiger partial charge in [0.15, 0.2) is 0 Å². The van der Waals surface area contributed by atoms with Crippen molar-refractivity contribution in [2.24, 2.45) is 11.7 Å². The van der Waals surface area contributed by atoms with Crippen molar-refractivity contribution < 1.29 is 14.3 Å². The molecule has 0 saturated carbocycles. The van der Waals surface area contributed by atoms with Crippen molar-refractivity contribution in [2.45, 2.75) is 33.4 Å². The molecule has 0 heterocycles. The SMILES string of the molecule is COc1cc(C)ccc1CNC(=O)CNC(=O)[C@@H](N)C(C)C. The van der Waals surface area contributed by atoms with Gasteiger partial charge in [-0.1, -0.05) is 26.0 Å². The fourth-order valence-corrected chi connectivity index (χ4v) is 1.84. The Morgan fingerprint density at radius 2 is 1.95 bits per heavy atom. The fraction of sp³-hybridized carbons (Fsp3) is 0.500. The topological polar surface area (TPSA) is 93.5 Å². The summed E-state index contributed by atoms with van der Waals surface area (Å²) in [6.45, 7) is 5.93. The maximum atomic E-state index is 11.8. The van der Waals surface area contributed by atoms with Gasteiger partial charge in [-0.3, -0.25) is 9.59 Å². The molecule has 1 rings (SSSR count). The lowest BCUT2D eigenvalue weighted by Crippen LogP contribution is -2.47. The summed E-state index contributed by atoms with van der Waals surface area (Å²) in [6, 6.07) is 5.16. The van der Waals surface area contributed by atoms with E-state index < -0.39 is 6.04 Å². The number of nitrogens with two attached hydrogens (primary N) is 1. The zero-order valence-electron chi connectivity index (χ0n) is 13.6. The quantitative estimate of drug-likeness (QED) is 0.692. The molecule has 6 nitrogen and oxygen atoms in total. The van der Waals surface area contributed by atoms with Crippen LogP contribution in [0.25, 0.3) is 0 Å². The first kappa shape index (κ1) is 18.0. The van der Waals surface area contributed by atoms with Gasteiger partial charge >= 0.3 is 0 Å². The van der Waals surface area contributed by atoms with Gasteiger partial charge in [-0.2, -0.15) is 0 Å². The molecule has 1 aromatic rings. The van der Waals surface area contributed by atoms with Crippen LogP contribution in [0.1, 0.15) is 25.0 Å². The minimum absolute atomic E-state index is 0.0277. The van der Waals surface area contributed by atoms with Gasteiger partial charge in [-0.05, 0) is 24.5 Å². The van der Waals surface area contributed by atoms with Crippen LogP contribution in [0.5, 0.6) is 5.75 Å². The Bertz CT molecular complexity index is 529. The van der Waals surface area contributed by atoms with E-state index in [1.165, 1.54) is 0 Å². The number of rotatable bonds is 7. The first-order chi connectivity index (χ1) is 10.3. The van der Waals surface area contributed by atoms with E-state index in [-0.39, 0.29) is 24.3 Å². The second-order valence-corrected chi connectivity index (χ2v) is 5.58. The molecule has 1 aromatic carbocycles. The van der Waals surface area contributed by atoms with Crippen LogP contribution in [0.3, 0.4) is 0 Å². The molecule has 0 aromatic heterocycles. The van der Waals surface area contributed by atoms with E-state index in [0.29, 0.717) is 6.54 Å². The van der Waals surface area contributed by atoms with E-state index >= 15 is 0 Å². The van der Waals surface area contributed by atoms with Gasteiger partial charge in [0.1, 0.15) is 5.75 Å². The fourth-order valence-electron chi connectivity index (χ4n) is 1.84. The number of hydrogen-bond acceptors (Lipinski definition) is 4. The van der Waals surface area contributed by atoms with Crippen LogP contribution in [0, 0.1) is 12.8 Å². The van der Waals surface area contributed by atoms with Crippen molar-refractivity contribution in [1.29, 1.82) is 0 Å². The van der Waals surface area contributed by atoms with E-state index in [4.69, 9.17) is 10.5 Å². The molecular formula is C16H25N3O3. The van der Waals surface area contributed by atoms with Crippen LogP contribution in [0.15, 0.2) is 18.2 Å². The third-order valence-electron chi connectivity index (χ3n) is 3.36. The normalized spacial score (nSPS) is 11.9. The van der Waals surface area contributed by atoms with Gasteiger partial charge in [0.25, 0.3) is 0 Å². The highest BCUT2D eigenvalue weighted by Crippen LogP contribution is 2.19. The molecule has 4 N–H and O–H groups in total. The summed E-state index contributed by atoms with van der Waals surface area (Å²) in [4.78, 5) is 23.4. The van der Waals surface area contributed by atoms with Crippen LogP contribution in [0.2, 0.25) is 0 Å². The number of hydrogen-bond donors (Lipinski definition) is 3. The molecule has 0 aliphatic carbocycles. The predicted molar refractivity (Wildman–Crippen MR) is 85.4 cm³/mol. The van der Waals surface area contributed by atoms with Gasteiger partial charge in [-0.25, -0.2) is 0 Å². The number of amides is 2. The summed E-state index contributed by atoms with van der Waals surface area (Å²) in [5.41, 5.74) is 7.67. The van der Waals surface area contributed by atoms with Crippen LogP contribution in [0.4, 0.5) is 0 Å². The average Bonchev–Trinajstić information content (AvgIpc) is 2.50. The predicted octanol–water partition coefficient (Wildman–Crippen LogP) is 0.719. The third-order valence-corrected chi connectivity index (χ3v) is 3.36. The molecule has 6 heteroatoms. The van der Waals surface area contributed by atoms with Crippen molar-refractivity contribution in [1.82, 2.24) is 10.6 Å². The van der Waals surface area contributed by atoms with Crippen molar-refractivity contribution >= 4 is 11.8 Å². The number of ether oxygens (including phenoxy) is 1. The summed E-state index contributed by atoms with van der Waals surface area (Å²) < 4.78 is 5.28. The Morgan fingerprint density at radius 3 is 2.55 bits per heavy atom. The van der Waals surface area contributed by atoms with E-state index in [9.17, 15) is 9.59 Å². The maximum Gasteiger partial charge on any atom is 0.239 e. The Kier molecular flexibility index (Phi) is 6.85. The number of carbonyl (C=O) groups excluding carboxylic acids is 2. The zero-order valence-corrected chi connectivity index (χ0v) is 13.6. The number of carbonyl (C=O) groups is 2. The van der Waals surface area contributed by atoms with Crippen molar-refractivity contribution in [3.8, 4) is 5.75 Å². The van der Waals surface area contributed by atoms with Crippen LogP contribution in [-0.2, 0) is 16.1 Å². The molecule has 0 unspecified atom stereocenters. The highest BCUT2D eigenvalue weighted by atomic mass is 16.5. The average molecular weight is 307 g/mol. The van der Waals surface area contributed by atoms with Gasteiger partial charge < -0.3 is 21.1 Å². The highest BCUT2D eigenvalue weighted by molar-refractivity contribution is 5.87. The molecule has 0 saturated heterocycles. The Hall–Kier alpha value is -2.08. The molecule has 0 aliphatic rings. The minimum Gasteiger partial charge on any atom is -0.496 e. The molecule has 0 spiro atoms. The van der Waals surface area contributed by atoms with Gasteiger partial charge in [0, 0.05) is 12.1 Å². The van der Waals surface area contributed by atoms with Gasteiger partial charge in [-0.15, -0.1) is 0 Å². The second kappa shape index (κ2) is 8.38. The van der Waals surface area contributed by atoms with Crippen molar-refractivity contribution in [2.75, 3.05) is 13.7 Å². The summed E-state index contributed by atoms with van der Waals surface area (Å²) in [6.07, 6.45) is 0. The maximum absolute atomic E-state index is 11.8. The molecule has 0 aliphatic heterocycles. The largest absolute Gasteiger partial charge is 0.496 e. The lowest BCUT2D eigenvalue weighted by atomic mass is 10.1. The molecule has 0 radical (unpaired) electrons. The minimum atomic E-state index is -0.606. The highest BCUT2D eigenvalue weighted by Gasteiger charge is 2.17. The van der Waals surface area contributed by atoms with E-state index in [1.54, 1.807) is 7.11 Å². The number of methoxy groups -OCH3 is 1. The Labute approximate surface area is 131 Å². The number of benzene rings is 1. The monoisotopic (exact) mass is 307 g/mol. The summed E-state index contributed by atoms with van der Waals surface area (Å²) >= 11 is 0. The van der Waals surface area contributed by atoms with E-state index in [1.807, 2.05) is 39.0 Å². The third kappa shape index (κ3) is 5.37. The standard InChI is InChI=1S/C16H25N3O3/c1-10(2)15(17)16(21)19-9-14(20)18-8-12-6-5-11(3)7-13(12)22-4/h5-7,10,15H,8-9,17H2,1-4H3,(H,18,20)(H,19,21)/t15-/m0/s1. The smallest absolute Gasteiger partial charge is 0.239 e. The lowest BCUT2D eigenvalue weighted by Gasteiger charge is -2.15. The van der Waals surface area contributed by atoms with Crippen LogP contribution >= 0.6 is 0 Å². The van der Waals surface area contributed by atoms with E-state index in [0.717, 1.165) is 16.9 Å².